The van der Waals surface area contributed by atoms with Gasteiger partial charge < -0.3 is 24.6 Å². The van der Waals surface area contributed by atoms with Crippen LogP contribution in [0.25, 0.3) is 0 Å². The molecule has 0 saturated heterocycles. The van der Waals surface area contributed by atoms with Crippen molar-refractivity contribution < 1.29 is 23.9 Å². The minimum Gasteiger partial charge on any atom is -0.466 e. The van der Waals surface area contributed by atoms with E-state index in [1.165, 1.54) is 4.90 Å². The first-order valence-electron chi connectivity index (χ1n) is 15.7. The van der Waals surface area contributed by atoms with Crippen LogP contribution in [0.5, 0.6) is 0 Å². The number of benzene rings is 2. The number of unbranched alkanes of at least 4 members (excludes halogenated alkanes) is 3. The first-order valence-corrected chi connectivity index (χ1v) is 15.7. The highest BCUT2D eigenvalue weighted by molar-refractivity contribution is 6.07. The molecule has 0 saturated carbocycles. The van der Waals surface area contributed by atoms with Crippen molar-refractivity contribution in [1.82, 2.24) is 10.3 Å². The molecule has 12 heteroatoms. The molecule has 0 fully saturated rings. The third-order valence-corrected chi connectivity index (χ3v) is 7.48. The Morgan fingerprint density at radius 2 is 1.74 bits per heavy atom. The second-order valence-electron chi connectivity index (χ2n) is 10.9. The maximum Gasteiger partial charge on any atom is 0.412 e. The number of ether oxygens (including phenoxy) is 2. The minimum absolute atomic E-state index is 0.0283. The summed E-state index contributed by atoms with van der Waals surface area (Å²) in [6, 6.07) is 18.1. The molecule has 12 nitrogen and oxygen atoms in total. The Labute approximate surface area is 270 Å². The van der Waals surface area contributed by atoms with Crippen LogP contribution in [-0.2, 0) is 14.3 Å². The van der Waals surface area contributed by atoms with E-state index in [0.29, 0.717) is 36.9 Å². The molecule has 0 radical (unpaired) electrons. The van der Waals surface area contributed by atoms with Gasteiger partial charge in [-0.1, -0.05) is 32.3 Å². The third kappa shape index (κ3) is 9.19. The second-order valence-corrected chi connectivity index (χ2v) is 10.9. The first-order chi connectivity index (χ1) is 22.3. The fourth-order valence-electron chi connectivity index (χ4n) is 5.05. The quantitative estimate of drug-likeness (QED) is 0.0849. The molecule has 1 aliphatic heterocycles. The van der Waals surface area contributed by atoms with Gasteiger partial charge in [0.1, 0.15) is 11.7 Å². The van der Waals surface area contributed by atoms with Gasteiger partial charge in [0.25, 0.3) is 5.91 Å². The van der Waals surface area contributed by atoms with Gasteiger partial charge in [-0.05, 0) is 67.9 Å². The molecule has 0 aliphatic carbocycles. The van der Waals surface area contributed by atoms with E-state index in [1.807, 2.05) is 31.3 Å². The van der Waals surface area contributed by atoms with Crippen LogP contribution in [0.3, 0.4) is 0 Å². The maximum absolute atomic E-state index is 13.8. The van der Waals surface area contributed by atoms with Crippen molar-refractivity contribution in [2.75, 3.05) is 60.2 Å². The number of carbonyl (C=O) groups is 3. The Hall–Kier alpha value is -5.13. The van der Waals surface area contributed by atoms with Gasteiger partial charge in [0.05, 0.1) is 44.3 Å². The summed E-state index contributed by atoms with van der Waals surface area (Å²) in [5, 5.41) is 14.1. The van der Waals surface area contributed by atoms with Gasteiger partial charge in [0, 0.05) is 36.6 Å². The molecule has 4 rings (SSSR count). The summed E-state index contributed by atoms with van der Waals surface area (Å²) in [6.07, 6.45) is 5.08. The lowest BCUT2D eigenvalue weighted by atomic mass is 10.1. The molecule has 0 bridgehead atoms. The topological polar surface area (TPSA) is 140 Å². The lowest BCUT2D eigenvalue weighted by Crippen LogP contribution is -2.34. The fourth-order valence-corrected chi connectivity index (χ4v) is 5.05. The van der Waals surface area contributed by atoms with Gasteiger partial charge in [-0.3, -0.25) is 25.2 Å². The predicted octanol–water partition coefficient (Wildman–Crippen LogP) is 5.60. The highest BCUT2D eigenvalue weighted by atomic mass is 16.5. The van der Waals surface area contributed by atoms with Gasteiger partial charge in [-0.2, -0.15) is 0 Å². The molecule has 3 N–H and O–H groups in total. The summed E-state index contributed by atoms with van der Waals surface area (Å²) in [5.41, 5.74) is 3.75. The number of aromatic nitrogens is 1. The van der Waals surface area contributed by atoms with E-state index >= 15 is 0 Å². The number of amides is 2. The molecule has 0 spiro atoms. The number of amidine groups is 1. The third-order valence-electron chi connectivity index (χ3n) is 7.48. The summed E-state index contributed by atoms with van der Waals surface area (Å²) in [6.45, 7) is 5.69. The van der Waals surface area contributed by atoms with E-state index < -0.39 is 6.09 Å². The molecule has 0 atom stereocenters. The predicted molar refractivity (Wildman–Crippen MR) is 180 cm³/mol. The standard InChI is InChI=1S/C34H43N7O5/c1-4-6-7-10-21-46-34(44)38-32(35)25-12-15-27(16-13-25)37-23-40-24-39(3)28-17-14-26(22-29(28)40)33(43)41(20-18-31(42)45-5-2)30-11-8-9-19-36-30/h8-9,11-17,19,22,37H,4-7,10,18,20-21,23-24H2,1-3H3,(H2,35,38,44). The summed E-state index contributed by atoms with van der Waals surface area (Å²) in [5.74, 6) is -0.209. The van der Waals surface area contributed by atoms with E-state index in [1.54, 1.807) is 49.5 Å². The number of anilines is 4. The lowest BCUT2D eigenvalue weighted by Gasteiger charge is -2.23. The largest absolute Gasteiger partial charge is 0.466 e. The van der Waals surface area contributed by atoms with Crippen LogP contribution in [0.2, 0.25) is 0 Å². The van der Waals surface area contributed by atoms with Crippen LogP contribution in [0.15, 0.2) is 66.9 Å². The SMILES string of the molecule is CCCCCCOC(=O)NC(=N)c1ccc(NCN2CN(C)c3ccc(C(=O)N(CCC(=O)OCC)c4ccccn4)cc32)cc1. The smallest absolute Gasteiger partial charge is 0.412 e. The van der Waals surface area contributed by atoms with Crippen LogP contribution in [0, 0.1) is 5.41 Å². The van der Waals surface area contributed by atoms with Crippen molar-refractivity contribution in [2.45, 2.75) is 46.0 Å². The number of nitrogens with zero attached hydrogens (tertiary/aromatic N) is 4. The molecule has 1 aliphatic rings. The van der Waals surface area contributed by atoms with Crippen LogP contribution < -0.4 is 25.3 Å². The van der Waals surface area contributed by atoms with E-state index in [9.17, 15) is 14.4 Å². The molecule has 2 aromatic carbocycles. The number of fused-ring (bicyclic) bond motifs is 1. The van der Waals surface area contributed by atoms with Gasteiger partial charge in [-0.15, -0.1) is 0 Å². The van der Waals surface area contributed by atoms with Crippen LogP contribution in [0.4, 0.5) is 27.7 Å². The van der Waals surface area contributed by atoms with Crippen LogP contribution >= 0.6 is 0 Å². The average Bonchev–Trinajstić information content (AvgIpc) is 3.38. The average molecular weight is 630 g/mol. The van der Waals surface area contributed by atoms with E-state index in [0.717, 1.165) is 42.7 Å². The van der Waals surface area contributed by atoms with Crippen molar-refractivity contribution in [2.24, 2.45) is 0 Å². The first kappa shape index (κ1) is 33.8. The maximum atomic E-state index is 13.8. The second kappa shape index (κ2) is 16.8. The summed E-state index contributed by atoms with van der Waals surface area (Å²) in [7, 11) is 1.99. The number of alkyl carbamates (subject to hydrolysis) is 1. The van der Waals surface area contributed by atoms with Gasteiger partial charge in [-0.25, -0.2) is 9.78 Å². The monoisotopic (exact) mass is 629 g/mol. The molecular formula is C34H43N7O5. The molecule has 46 heavy (non-hydrogen) atoms. The van der Waals surface area contributed by atoms with Gasteiger partial charge in [0.15, 0.2) is 0 Å². The van der Waals surface area contributed by atoms with E-state index in [-0.39, 0.29) is 37.3 Å². The fraction of sp³-hybridized carbons (Fsp3) is 0.382. The van der Waals surface area contributed by atoms with Gasteiger partial charge in [0.2, 0.25) is 0 Å². The Balaban J connectivity index is 1.38. The number of pyridine rings is 1. The zero-order chi connectivity index (χ0) is 32.9. The highest BCUT2D eigenvalue weighted by Gasteiger charge is 2.27. The van der Waals surface area contributed by atoms with Crippen molar-refractivity contribution >= 4 is 46.7 Å². The highest BCUT2D eigenvalue weighted by Crippen LogP contribution is 2.36. The Morgan fingerprint density at radius 1 is 0.957 bits per heavy atom. The Morgan fingerprint density at radius 3 is 2.46 bits per heavy atom. The van der Waals surface area contributed by atoms with Crippen LogP contribution in [-0.4, -0.2) is 68.9 Å². The molecule has 2 amide bonds. The van der Waals surface area contributed by atoms with Crippen molar-refractivity contribution in [1.29, 1.82) is 5.41 Å². The van der Waals surface area contributed by atoms with Gasteiger partial charge >= 0.3 is 12.1 Å². The summed E-state index contributed by atoms with van der Waals surface area (Å²) >= 11 is 0. The van der Waals surface area contributed by atoms with Crippen molar-refractivity contribution in [3.8, 4) is 0 Å². The zero-order valence-corrected chi connectivity index (χ0v) is 26.8. The number of nitrogens with one attached hydrogen (secondary N) is 3. The zero-order valence-electron chi connectivity index (χ0n) is 26.8. The number of carbonyl (C=O) groups excluding carboxylic acids is 3. The molecule has 3 aromatic rings. The Bertz CT molecular complexity index is 1480. The molecule has 2 heterocycles. The summed E-state index contributed by atoms with van der Waals surface area (Å²) in [4.78, 5) is 47.9. The number of hydrogen-bond donors (Lipinski definition) is 3. The Kier molecular flexibility index (Phi) is 12.3. The number of rotatable bonds is 15. The normalized spacial score (nSPS) is 11.9. The molecule has 1 aromatic heterocycles. The van der Waals surface area contributed by atoms with E-state index in [2.05, 4.69) is 32.3 Å². The lowest BCUT2D eigenvalue weighted by molar-refractivity contribution is -0.142. The van der Waals surface area contributed by atoms with Crippen LogP contribution in [0.1, 0.15) is 61.9 Å². The molecule has 0 unspecified atom stereocenters. The number of hydrogen-bond acceptors (Lipinski definition) is 10. The van der Waals surface area contributed by atoms with Crippen molar-refractivity contribution in [3.05, 3.63) is 78.0 Å². The van der Waals surface area contributed by atoms with E-state index in [4.69, 9.17) is 14.9 Å². The number of esters is 1. The molecular weight excluding hydrogens is 586 g/mol. The van der Waals surface area contributed by atoms with Crippen molar-refractivity contribution in [3.63, 3.8) is 0 Å². The summed E-state index contributed by atoms with van der Waals surface area (Å²) < 4.78 is 10.2. The minimum atomic E-state index is -0.625. The molecule has 244 valence electrons.